The molecule has 3 N–H and O–H groups in total. The Hall–Kier alpha value is -4.69. The topological polar surface area (TPSA) is 231 Å². The largest absolute Gasteiger partial charge is 0.495 e. The van der Waals surface area contributed by atoms with Crippen molar-refractivity contribution in [3.8, 4) is 5.75 Å². The van der Waals surface area contributed by atoms with Gasteiger partial charge in [-0.25, -0.2) is 9.59 Å². The standard InChI is InChI=1S/C49H69ClN4O14S/c1-12-27(3)20-31-21-33(41(50)34(22-31)64-10)53(9)39(56)23-37(48(7)42(68-48)28(4)35-24-49(63,36(13-2)65-11)51-46(62)66-35)67-44(60)29(5)52(8)38(55)18-19-69-47(6)25-40(57)54(45(47)61)26-30-14-16-32(17-15-30)43(58)59/h12-13,21-22,28-30,32,35-37,42,63H,2,14-20,23-26H2,1,3-11H3,(H,51,62)(H,58,59)/b27-12+/t28-,29+,30?,32?,35+,36-,37+,42+,47+,48+,49+/m1/s1. The average molecular weight is 1010 g/mol. The van der Waals surface area contributed by atoms with E-state index in [1.165, 1.54) is 60.7 Å². The highest BCUT2D eigenvalue weighted by atomic mass is 35.5. The zero-order valence-corrected chi connectivity index (χ0v) is 42.9. The average Bonchev–Trinajstić information content (AvgIpc) is 3.96. The second-order valence-corrected chi connectivity index (χ2v) is 21.2. The number of aliphatic carboxylic acids is 1. The Morgan fingerprint density at radius 3 is 2.35 bits per heavy atom. The van der Waals surface area contributed by atoms with Crippen molar-refractivity contribution in [3.05, 3.63) is 47.0 Å². The number of imide groups is 1. The summed E-state index contributed by atoms with van der Waals surface area (Å²) in [6.07, 6.45) is 0.727. The van der Waals surface area contributed by atoms with Crippen LogP contribution < -0.4 is 15.0 Å². The maximum atomic E-state index is 14.4. The number of carboxylic acid groups (broad SMARTS) is 1. The molecule has 4 fully saturated rings. The van der Waals surface area contributed by atoms with E-state index in [1.807, 2.05) is 19.9 Å². The van der Waals surface area contributed by atoms with Gasteiger partial charge in [-0.15, -0.1) is 18.3 Å². The van der Waals surface area contributed by atoms with Crippen molar-refractivity contribution >= 4 is 70.7 Å². The van der Waals surface area contributed by atoms with Gasteiger partial charge in [-0.1, -0.05) is 36.2 Å². The zero-order chi connectivity index (χ0) is 51.3. The number of ether oxygens (including phenoxy) is 5. The quantitative estimate of drug-likeness (QED) is 0.0549. The number of alkyl carbamates (subject to hydrolysis) is 1. The number of benzene rings is 1. The number of esters is 1. The van der Waals surface area contributed by atoms with E-state index < -0.39 is 94.6 Å². The number of epoxide rings is 1. The lowest BCUT2D eigenvalue weighted by atomic mass is 9.82. The molecule has 3 heterocycles. The molecule has 382 valence electrons. The normalized spacial score (nSPS) is 28.7. The van der Waals surface area contributed by atoms with Gasteiger partial charge in [0.25, 0.3) is 0 Å². The number of thioether (sulfide) groups is 1. The van der Waals surface area contributed by atoms with E-state index in [0.717, 1.165) is 11.1 Å². The highest BCUT2D eigenvalue weighted by molar-refractivity contribution is 8.01. The summed E-state index contributed by atoms with van der Waals surface area (Å²) < 4.78 is 27.9. The molecule has 69 heavy (non-hydrogen) atoms. The molecular weight excluding hydrogens is 936 g/mol. The molecule has 5 amide bonds. The molecule has 0 aromatic heterocycles. The highest BCUT2D eigenvalue weighted by Crippen LogP contribution is 2.49. The Balaban J connectivity index is 1.29. The Kier molecular flexibility index (Phi) is 18.1. The van der Waals surface area contributed by atoms with Crippen LogP contribution in [0.5, 0.6) is 5.75 Å². The minimum absolute atomic E-state index is 0.0267. The van der Waals surface area contributed by atoms with Gasteiger partial charge in [-0.2, -0.15) is 0 Å². The van der Waals surface area contributed by atoms with Crippen LogP contribution in [-0.4, -0.2) is 149 Å². The molecule has 1 saturated carbocycles. The highest BCUT2D eigenvalue weighted by Gasteiger charge is 2.64. The van der Waals surface area contributed by atoms with E-state index in [0.29, 0.717) is 43.5 Å². The van der Waals surface area contributed by atoms with Crippen LogP contribution in [0.15, 0.2) is 36.4 Å². The van der Waals surface area contributed by atoms with E-state index in [2.05, 4.69) is 11.9 Å². The molecule has 1 aromatic carbocycles. The zero-order valence-electron chi connectivity index (χ0n) is 41.3. The molecule has 0 radical (unpaired) electrons. The van der Waals surface area contributed by atoms with Crippen LogP contribution in [0.3, 0.4) is 0 Å². The van der Waals surface area contributed by atoms with Crippen LogP contribution in [-0.2, 0) is 54.1 Å². The molecule has 1 aliphatic carbocycles. The van der Waals surface area contributed by atoms with Crippen LogP contribution in [0.4, 0.5) is 10.5 Å². The van der Waals surface area contributed by atoms with Crippen LogP contribution in [0.1, 0.15) is 98.5 Å². The smallest absolute Gasteiger partial charge is 0.409 e. The molecule has 18 nitrogen and oxygen atoms in total. The number of hydrogen-bond donors (Lipinski definition) is 3. The van der Waals surface area contributed by atoms with E-state index >= 15 is 0 Å². The first kappa shape index (κ1) is 55.2. The van der Waals surface area contributed by atoms with E-state index in [4.69, 9.17) is 35.3 Å². The third kappa shape index (κ3) is 12.4. The molecule has 5 rings (SSSR count). The third-order valence-corrected chi connectivity index (χ3v) is 16.2. The molecule has 3 saturated heterocycles. The number of carbonyl (C=O) groups is 7. The Morgan fingerprint density at radius 2 is 1.75 bits per heavy atom. The molecule has 20 heteroatoms. The number of carbonyl (C=O) groups excluding carboxylic acids is 6. The second-order valence-electron chi connectivity index (χ2n) is 19.2. The molecular formula is C49H69ClN4O14S. The van der Waals surface area contributed by atoms with Crippen LogP contribution in [0.2, 0.25) is 5.02 Å². The number of rotatable bonds is 22. The van der Waals surface area contributed by atoms with E-state index in [1.54, 1.807) is 40.0 Å². The van der Waals surface area contributed by atoms with Gasteiger partial charge in [0.15, 0.2) is 5.72 Å². The summed E-state index contributed by atoms with van der Waals surface area (Å²) in [5, 5.41) is 23.4. The number of anilines is 1. The summed E-state index contributed by atoms with van der Waals surface area (Å²) in [4.78, 5) is 96.8. The molecule has 4 aliphatic rings. The Labute approximate surface area is 413 Å². The van der Waals surface area contributed by atoms with Crippen LogP contribution in [0.25, 0.3) is 0 Å². The van der Waals surface area contributed by atoms with E-state index in [9.17, 15) is 43.8 Å². The first-order valence-corrected chi connectivity index (χ1v) is 24.7. The molecule has 9 atom stereocenters. The monoisotopic (exact) mass is 1000 g/mol. The summed E-state index contributed by atoms with van der Waals surface area (Å²) >= 11 is 7.98. The van der Waals surface area contributed by atoms with Gasteiger partial charge in [0.2, 0.25) is 23.6 Å². The fourth-order valence-electron chi connectivity index (χ4n) is 9.54. The number of carboxylic acids is 1. The van der Waals surface area contributed by atoms with Gasteiger partial charge < -0.3 is 43.7 Å². The van der Waals surface area contributed by atoms with Gasteiger partial charge >= 0.3 is 18.0 Å². The van der Waals surface area contributed by atoms with Crippen molar-refractivity contribution in [2.75, 3.05) is 45.5 Å². The molecule has 0 bridgehead atoms. The molecule has 3 aliphatic heterocycles. The number of nitrogens with one attached hydrogen (secondary N) is 1. The van der Waals surface area contributed by atoms with Crippen LogP contribution >= 0.6 is 23.4 Å². The second kappa shape index (κ2) is 22.6. The number of likely N-dealkylation sites (tertiary alicyclic amines) is 1. The lowest BCUT2D eigenvalue weighted by molar-refractivity contribution is -0.162. The summed E-state index contributed by atoms with van der Waals surface area (Å²) in [5.74, 6) is -3.70. The molecule has 0 spiro atoms. The summed E-state index contributed by atoms with van der Waals surface area (Å²) in [6.45, 7) is 14.4. The Morgan fingerprint density at radius 1 is 1.09 bits per heavy atom. The first-order chi connectivity index (χ1) is 32.4. The van der Waals surface area contributed by atoms with Crippen molar-refractivity contribution in [2.24, 2.45) is 17.8 Å². The number of nitrogens with zero attached hydrogens (tertiary/aromatic N) is 3. The van der Waals surface area contributed by atoms with Crippen molar-refractivity contribution in [1.29, 1.82) is 0 Å². The fourth-order valence-corrected chi connectivity index (χ4v) is 11.0. The predicted octanol–water partition coefficient (Wildman–Crippen LogP) is 5.68. The summed E-state index contributed by atoms with van der Waals surface area (Å²) in [7, 11) is 5.83. The van der Waals surface area contributed by atoms with Crippen molar-refractivity contribution < 1.29 is 67.5 Å². The van der Waals surface area contributed by atoms with Gasteiger partial charge in [-0.05, 0) is 90.3 Å². The number of amides is 5. The Bertz CT molecular complexity index is 2190. The number of allylic oxidation sites excluding steroid dienone is 2. The molecule has 0 unspecified atom stereocenters. The first-order valence-electron chi connectivity index (χ1n) is 23.3. The number of hydrogen-bond acceptors (Lipinski definition) is 14. The number of likely N-dealkylation sites (N-methyl/N-ethyl adjacent to an activating group) is 1. The fraction of sp³-hybridized carbons (Fsp3) is 0.653. The number of aliphatic hydroxyl groups is 1. The van der Waals surface area contributed by atoms with Gasteiger partial charge in [-0.3, -0.25) is 34.2 Å². The van der Waals surface area contributed by atoms with Gasteiger partial charge in [0.05, 0.1) is 37.7 Å². The van der Waals surface area contributed by atoms with E-state index in [-0.39, 0.29) is 54.3 Å². The van der Waals surface area contributed by atoms with Crippen molar-refractivity contribution in [2.45, 2.75) is 146 Å². The summed E-state index contributed by atoms with van der Waals surface area (Å²) in [6, 6.07) is 2.43. The third-order valence-electron chi connectivity index (χ3n) is 14.4. The number of methoxy groups -OCH3 is 2. The minimum Gasteiger partial charge on any atom is -0.495 e. The maximum absolute atomic E-state index is 14.4. The van der Waals surface area contributed by atoms with Crippen molar-refractivity contribution in [1.82, 2.24) is 15.1 Å². The number of halogens is 1. The maximum Gasteiger partial charge on any atom is 0.409 e. The molecule has 1 aromatic rings. The minimum atomic E-state index is -1.86. The van der Waals surface area contributed by atoms with Crippen LogP contribution in [0, 0.1) is 17.8 Å². The van der Waals surface area contributed by atoms with Gasteiger partial charge in [0.1, 0.15) is 45.5 Å². The summed E-state index contributed by atoms with van der Waals surface area (Å²) in [5.41, 5.74) is -0.910. The van der Waals surface area contributed by atoms with Gasteiger partial charge in [0, 0.05) is 52.3 Å². The lowest BCUT2D eigenvalue weighted by Gasteiger charge is -2.42. The SMILES string of the molecule is C=C[C@@H](OC)[C@@]1(O)C[C@@H]([C@@H](C)[C@@H]2O[C@@]2(C)[C@H](CC(=O)N(C)c2cc(C/C(C)=C/C)cc(OC)c2Cl)OC(=O)[C@H](C)N(C)C(=O)CCS[C@@]2(C)CC(=O)N(CC3CCC(C(=O)O)CC3)C2=O)OC(=O)N1. The lowest BCUT2D eigenvalue weighted by Crippen LogP contribution is -2.63. The number of cyclic esters (lactones) is 1. The van der Waals surface area contributed by atoms with Crippen molar-refractivity contribution in [3.63, 3.8) is 0 Å². The predicted molar refractivity (Wildman–Crippen MR) is 258 cm³/mol.